The lowest BCUT2D eigenvalue weighted by Crippen LogP contribution is -2.24. The fourth-order valence-electron chi connectivity index (χ4n) is 1.71. The molecule has 1 unspecified atom stereocenters. The zero-order valence-electron chi connectivity index (χ0n) is 11.1. The zero-order valence-corrected chi connectivity index (χ0v) is 11.1. The van der Waals surface area contributed by atoms with Crippen molar-refractivity contribution in [3.8, 4) is 0 Å². The van der Waals surface area contributed by atoms with Crippen LogP contribution in [0.25, 0.3) is 0 Å². The third-order valence-corrected chi connectivity index (χ3v) is 2.94. The molecule has 0 aliphatic carbocycles. The van der Waals surface area contributed by atoms with Gasteiger partial charge in [-0.05, 0) is 31.8 Å². The Morgan fingerprint density at radius 2 is 2.06 bits per heavy atom. The van der Waals surface area contributed by atoms with Gasteiger partial charge in [0.1, 0.15) is 0 Å². The summed E-state index contributed by atoms with van der Waals surface area (Å²) in [5, 5.41) is 3.42. The van der Waals surface area contributed by atoms with Crippen molar-refractivity contribution in [2.24, 2.45) is 5.92 Å². The van der Waals surface area contributed by atoms with Crippen LogP contribution < -0.4 is 5.32 Å². The lowest BCUT2D eigenvalue weighted by Gasteiger charge is -2.14. The Balaban J connectivity index is 3.37. The molecule has 0 spiro atoms. The van der Waals surface area contributed by atoms with Crippen LogP contribution in [0.15, 0.2) is 0 Å². The minimum atomic E-state index is -0.111. The van der Waals surface area contributed by atoms with Crippen molar-refractivity contribution in [1.29, 1.82) is 0 Å². The van der Waals surface area contributed by atoms with Crippen molar-refractivity contribution in [1.82, 2.24) is 5.32 Å². The van der Waals surface area contributed by atoms with Gasteiger partial charge in [0.05, 0.1) is 7.11 Å². The summed E-state index contributed by atoms with van der Waals surface area (Å²) < 4.78 is 4.59. The van der Waals surface area contributed by atoms with Crippen molar-refractivity contribution in [3.05, 3.63) is 0 Å². The summed E-state index contributed by atoms with van der Waals surface area (Å²) in [5.41, 5.74) is 0. The van der Waals surface area contributed by atoms with E-state index in [9.17, 15) is 4.79 Å². The first kappa shape index (κ1) is 15.4. The van der Waals surface area contributed by atoms with Gasteiger partial charge in [-0.2, -0.15) is 0 Å². The number of carbonyl (C=O) groups is 1. The monoisotopic (exact) mass is 229 g/mol. The van der Waals surface area contributed by atoms with E-state index >= 15 is 0 Å². The molecule has 0 aromatic carbocycles. The molecule has 1 N–H and O–H groups in total. The van der Waals surface area contributed by atoms with E-state index in [2.05, 4.69) is 23.9 Å². The van der Waals surface area contributed by atoms with Gasteiger partial charge in [-0.3, -0.25) is 4.79 Å². The molecular weight excluding hydrogens is 202 g/mol. The first-order valence-electron chi connectivity index (χ1n) is 6.52. The Bertz CT molecular complexity index is 171. The van der Waals surface area contributed by atoms with Crippen LogP contribution in [-0.2, 0) is 9.53 Å². The molecule has 1 atom stereocenters. The van der Waals surface area contributed by atoms with Crippen LogP contribution in [0, 0.1) is 5.92 Å². The van der Waals surface area contributed by atoms with E-state index in [1.54, 1.807) is 0 Å². The molecule has 0 rings (SSSR count). The minimum absolute atomic E-state index is 0.111. The summed E-state index contributed by atoms with van der Waals surface area (Å²) in [6.07, 6.45) is 6.55. The lowest BCUT2D eigenvalue weighted by atomic mass is 9.99. The predicted octanol–water partition coefficient (Wildman–Crippen LogP) is 2.75. The fourth-order valence-corrected chi connectivity index (χ4v) is 1.71. The number of rotatable bonds is 10. The Morgan fingerprint density at radius 3 is 2.62 bits per heavy atom. The predicted molar refractivity (Wildman–Crippen MR) is 67.4 cm³/mol. The highest BCUT2D eigenvalue weighted by Crippen LogP contribution is 2.11. The van der Waals surface area contributed by atoms with E-state index in [4.69, 9.17) is 0 Å². The third kappa shape index (κ3) is 8.72. The summed E-state index contributed by atoms with van der Waals surface area (Å²) in [6.45, 7) is 6.47. The van der Waals surface area contributed by atoms with Crippen LogP contribution in [-0.4, -0.2) is 26.2 Å². The van der Waals surface area contributed by atoms with Crippen LogP contribution >= 0.6 is 0 Å². The van der Waals surface area contributed by atoms with Crippen LogP contribution in [0.3, 0.4) is 0 Å². The quantitative estimate of drug-likeness (QED) is 0.462. The number of esters is 1. The zero-order chi connectivity index (χ0) is 12.2. The molecule has 16 heavy (non-hydrogen) atoms. The molecule has 0 heterocycles. The van der Waals surface area contributed by atoms with Crippen molar-refractivity contribution in [2.75, 3.05) is 20.2 Å². The summed E-state index contributed by atoms with van der Waals surface area (Å²) in [7, 11) is 1.44. The topological polar surface area (TPSA) is 38.3 Å². The molecular formula is C13H27NO2. The molecule has 96 valence electrons. The Morgan fingerprint density at radius 1 is 1.31 bits per heavy atom. The summed E-state index contributed by atoms with van der Waals surface area (Å²) in [4.78, 5) is 10.9. The molecule has 0 bridgehead atoms. The molecule has 3 heteroatoms. The largest absolute Gasteiger partial charge is 0.469 e. The average molecular weight is 229 g/mol. The van der Waals surface area contributed by atoms with E-state index < -0.39 is 0 Å². The highest BCUT2D eigenvalue weighted by molar-refractivity contribution is 5.68. The van der Waals surface area contributed by atoms with Crippen LogP contribution in [0.5, 0.6) is 0 Å². The van der Waals surface area contributed by atoms with Crippen LogP contribution in [0.2, 0.25) is 0 Å². The maximum atomic E-state index is 10.9. The third-order valence-electron chi connectivity index (χ3n) is 2.94. The highest BCUT2D eigenvalue weighted by atomic mass is 16.5. The normalized spacial score (nSPS) is 12.4. The van der Waals surface area contributed by atoms with Crippen LogP contribution in [0.4, 0.5) is 0 Å². The maximum Gasteiger partial charge on any atom is 0.305 e. The molecule has 3 nitrogen and oxygen atoms in total. The average Bonchev–Trinajstić information content (AvgIpc) is 2.32. The number of methoxy groups -OCH3 is 1. The number of nitrogens with one attached hydrogen (secondary N) is 1. The second-order valence-corrected chi connectivity index (χ2v) is 4.30. The molecule has 0 amide bonds. The van der Waals surface area contributed by atoms with Gasteiger partial charge >= 0.3 is 5.97 Å². The SMILES string of the molecule is CCCCC(CC)CNCCCC(=O)OC. The molecule has 0 saturated carbocycles. The smallest absolute Gasteiger partial charge is 0.305 e. The maximum absolute atomic E-state index is 10.9. The van der Waals surface area contributed by atoms with E-state index in [0.717, 1.165) is 25.4 Å². The second-order valence-electron chi connectivity index (χ2n) is 4.30. The summed E-state index contributed by atoms with van der Waals surface area (Å²) >= 11 is 0. The number of ether oxygens (including phenoxy) is 1. The van der Waals surface area contributed by atoms with Crippen molar-refractivity contribution in [2.45, 2.75) is 52.4 Å². The first-order chi connectivity index (χ1) is 7.74. The van der Waals surface area contributed by atoms with Crippen molar-refractivity contribution in [3.63, 3.8) is 0 Å². The van der Waals surface area contributed by atoms with Gasteiger partial charge in [0.15, 0.2) is 0 Å². The number of carbonyl (C=O) groups excluding carboxylic acids is 1. The van der Waals surface area contributed by atoms with E-state index in [-0.39, 0.29) is 5.97 Å². The number of hydrogen-bond donors (Lipinski definition) is 1. The first-order valence-corrected chi connectivity index (χ1v) is 6.52. The number of hydrogen-bond acceptors (Lipinski definition) is 3. The van der Waals surface area contributed by atoms with E-state index in [0.29, 0.717) is 6.42 Å². The summed E-state index contributed by atoms with van der Waals surface area (Å²) in [5.74, 6) is 0.679. The van der Waals surface area contributed by atoms with Crippen molar-refractivity contribution >= 4 is 5.97 Å². The fraction of sp³-hybridized carbons (Fsp3) is 0.923. The van der Waals surface area contributed by atoms with E-state index in [1.807, 2.05) is 0 Å². The van der Waals surface area contributed by atoms with Gasteiger partial charge < -0.3 is 10.1 Å². The van der Waals surface area contributed by atoms with Gasteiger partial charge in [0, 0.05) is 6.42 Å². The van der Waals surface area contributed by atoms with Gasteiger partial charge in [0.25, 0.3) is 0 Å². The Hall–Kier alpha value is -0.570. The molecule has 0 radical (unpaired) electrons. The van der Waals surface area contributed by atoms with E-state index in [1.165, 1.54) is 32.8 Å². The van der Waals surface area contributed by atoms with Gasteiger partial charge in [0.2, 0.25) is 0 Å². The van der Waals surface area contributed by atoms with Crippen molar-refractivity contribution < 1.29 is 9.53 Å². The standard InChI is InChI=1S/C13H27NO2/c1-4-6-8-12(5-2)11-14-10-7-9-13(15)16-3/h12,14H,4-11H2,1-3H3. The Kier molecular flexibility index (Phi) is 10.5. The van der Waals surface area contributed by atoms with Crippen LogP contribution in [0.1, 0.15) is 52.4 Å². The lowest BCUT2D eigenvalue weighted by molar-refractivity contribution is -0.140. The Labute approximate surface area is 99.9 Å². The van der Waals surface area contributed by atoms with Gasteiger partial charge in [-0.1, -0.05) is 33.1 Å². The van der Waals surface area contributed by atoms with Gasteiger partial charge in [-0.15, -0.1) is 0 Å². The molecule has 0 aliphatic heterocycles. The second kappa shape index (κ2) is 10.9. The minimum Gasteiger partial charge on any atom is -0.469 e. The molecule has 0 aliphatic rings. The molecule has 0 fully saturated rings. The molecule has 0 aromatic rings. The van der Waals surface area contributed by atoms with Gasteiger partial charge in [-0.25, -0.2) is 0 Å². The highest BCUT2D eigenvalue weighted by Gasteiger charge is 2.05. The number of unbranched alkanes of at least 4 members (excludes halogenated alkanes) is 1. The molecule has 0 aromatic heterocycles. The summed E-state index contributed by atoms with van der Waals surface area (Å²) in [6, 6.07) is 0. The molecule has 0 saturated heterocycles.